The Hall–Kier alpha value is -2.47. The van der Waals surface area contributed by atoms with Gasteiger partial charge in [-0.05, 0) is 56.5 Å². The molecule has 6 heteroatoms. The first-order valence-electron chi connectivity index (χ1n) is 9.77. The van der Waals surface area contributed by atoms with Crippen LogP contribution in [0.15, 0.2) is 30.6 Å². The summed E-state index contributed by atoms with van der Waals surface area (Å²) in [7, 11) is 1.99. The third-order valence-corrected chi connectivity index (χ3v) is 5.53. The number of aromatic nitrogens is 1. The molecule has 0 aliphatic carbocycles. The van der Waals surface area contributed by atoms with Crippen molar-refractivity contribution in [3.63, 3.8) is 0 Å². The van der Waals surface area contributed by atoms with Gasteiger partial charge in [-0.25, -0.2) is 0 Å². The number of fused-ring (bicyclic) bond motifs is 1. The quantitative estimate of drug-likeness (QED) is 0.850. The topological polar surface area (TPSA) is 66.6 Å². The number of ether oxygens (including phenoxy) is 2. The molecule has 144 valence electrons. The van der Waals surface area contributed by atoms with Gasteiger partial charge in [-0.15, -0.1) is 0 Å². The molecule has 4 rings (SSSR count). The highest BCUT2D eigenvalue weighted by Crippen LogP contribution is 2.36. The van der Waals surface area contributed by atoms with Gasteiger partial charge in [-0.2, -0.15) is 0 Å². The zero-order valence-corrected chi connectivity index (χ0v) is 15.8. The third-order valence-electron chi connectivity index (χ3n) is 5.53. The second kappa shape index (κ2) is 8.05. The summed E-state index contributed by atoms with van der Waals surface area (Å²) in [5, 5.41) is 3.21. The molecule has 1 fully saturated rings. The van der Waals surface area contributed by atoms with Crippen molar-refractivity contribution in [2.24, 2.45) is 5.92 Å². The van der Waals surface area contributed by atoms with Crippen molar-refractivity contribution in [3.05, 3.63) is 36.2 Å². The van der Waals surface area contributed by atoms with Gasteiger partial charge in [0.25, 0.3) is 5.91 Å². The number of nitrogens with zero attached hydrogens (tertiary/aromatic N) is 1. The molecule has 1 aromatic heterocycles. The molecule has 0 bridgehead atoms. The molecule has 0 spiro atoms. The van der Waals surface area contributed by atoms with Crippen LogP contribution in [0.25, 0.3) is 11.1 Å². The predicted octanol–water partition coefficient (Wildman–Crippen LogP) is 2.91. The normalized spacial score (nSPS) is 17.1. The minimum atomic E-state index is 0.105. The minimum absolute atomic E-state index is 0.105. The number of rotatable bonds is 5. The summed E-state index contributed by atoms with van der Waals surface area (Å²) in [6.45, 7) is 3.84. The molecule has 1 amide bonds. The van der Waals surface area contributed by atoms with E-state index in [1.807, 2.05) is 42.5 Å². The molecular formula is C21H27N3O3. The number of carbonyl (C=O) groups excluding carboxylic acids is 1. The summed E-state index contributed by atoms with van der Waals surface area (Å²) >= 11 is 0. The third kappa shape index (κ3) is 3.81. The Morgan fingerprint density at radius 1 is 1.19 bits per heavy atom. The highest BCUT2D eigenvalue weighted by molar-refractivity contribution is 6.01. The lowest BCUT2D eigenvalue weighted by Gasteiger charge is -2.32. The Bertz CT molecular complexity index is 794. The lowest BCUT2D eigenvalue weighted by atomic mass is 9.93. The van der Waals surface area contributed by atoms with Crippen LogP contribution < -0.4 is 14.8 Å². The van der Waals surface area contributed by atoms with E-state index in [-0.39, 0.29) is 5.91 Å². The van der Waals surface area contributed by atoms with Crippen LogP contribution in [-0.4, -0.2) is 55.7 Å². The predicted molar refractivity (Wildman–Crippen MR) is 104 cm³/mol. The number of aromatic amines is 1. The van der Waals surface area contributed by atoms with E-state index >= 15 is 0 Å². The summed E-state index contributed by atoms with van der Waals surface area (Å²) in [6.07, 6.45) is 7.04. The minimum Gasteiger partial charge on any atom is -0.486 e. The first kappa shape index (κ1) is 17.9. The number of likely N-dealkylation sites (tertiary alicyclic amines) is 1. The molecule has 0 unspecified atom stereocenters. The lowest BCUT2D eigenvalue weighted by molar-refractivity contribution is 0.0688. The highest BCUT2D eigenvalue weighted by Gasteiger charge is 2.26. The summed E-state index contributed by atoms with van der Waals surface area (Å²) in [6, 6.07) is 5.86. The van der Waals surface area contributed by atoms with Crippen molar-refractivity contribution in [1.29, 1.82) is 0 Å². The van der Waals surface area contributed by atoms with Crippen molar-refractivity contribution in [1.82, 2.24) is 15.2 Å². The van der Waals surface area contributed by atoms with Crippen LogP contribution in [0.5, 0.6) is 11.5 Å². The number of piperidine rings is 1. The van der Waals surface area contributed by atoms with Crippen molar-refractivity contribution in [2.45, 2.75) is 19.3 Å². The molecule has 3 heterocycles. The van der Waals surface area contributed by atoms with E-state index in [4.69, 9.17) is 9.47 Å². The van der Waals surface area contributed by atoms with E-state index < -0.39 is 0 Å². The summed E-state index contributed by atoms with van der Waals surface area (Å²) in [5.41, 5.74) is 2.60. The molecule has 1 aromatic carbocycles. The average molecular weight is 369 g/mol. The average Bonchev–Trinajstić information content (AvgIpc) is 3.21. The molecule has 27 heavy (non-hydrogen) atoms. The Morgan fingerprint density at radius 2 is 1.96 bits per heavy atom. The van der Waals surface area contributed by atoms with Crippen molar-refractivity contribution in [3.8, 4) is 22.6 Å². The molecule has 2 aliphatic heterocycles. The number of nitrogens with one attached hydrogen (secondary N) is 2. The van der Waals surface area contributed by atoms with Crippen molar-refractivity contribution < 1.29 is 14.3 Å². The highest BCUT2D eigenvalue weighted by atomic mass is 16.6. The largest absolute Gasteiger partial charge is 0.486 e. The number of hydrogen-bond acceptors (Lipinski definition) is 4. The molecule has 6 nitrogen and oxygen atoms in total. The molecule has 0 radical (unpaired) electrons. The van der Waals surface area contributed by atoms with E-state index in [9.17, 15) is 4.79 Å². The van der Waals surface area contributed by atoms with Gasteiger partial charge < -0.3 is 24.7 Å². The van der Waals surface area contributed by atoms with Gasteiger partial charge in [0.2, 0.25) is 0 Å². The number of hydrogen-bond donors (Lipinski definition) is 2. The fourth-order valence-electron chi connectivity index (χ4n) is 3.93. The SMILES string of the molecule is CNCCC1CCN(C(=O)c2c[nH]cc2-c2ccc3c(c2)OCCO3)CC1. The van der Waals surface area contributed by atoms with Crippen LogP contribution in [-0.2, 0) is 0 Å². The van der Waals surface area contributed by atoms with Gasteiger partial charge in [0, 0.05) is 31.0 Å². The van der Waals surface area contributed by atoms with Crippen LogP contribution in [0, 0.1) is 5.92 Å². The van der Waals surface area contributed by atoms with E-state index in [0.29, 0.717) is 19.1 Å². The number of amides is 1. The van der Waals surface area contributed by atoms with Crippen LogP contribution in [0.2, 0.25) is 0 Å². The Labute approximate surface area is 159 Å². The van der Waals surface area contributed by atoms with Crippen molar-refractivity contribution >= 4 is 5.91 Å². The summed E-state index contributed by atoms with van der Waals surface area (Å²) < 4.78 is 11.3. The fourth-order valence-corrected chi connectivity index (χ4v) is 3.93. The van der Waals surface area contributed by atoms with E-state index in [0.717, 1.165) is 60.7 Å². The van der Waals surface area contributed by atoms with Gasteiger partial charge in [0.1, 0.15) is 13.2 Å². The number of H-pyrrole nitrogens is 1. The van der Waals surface area contributed by atoms with Gasteiger partial charge in [-0.3, -0.25) is 4.79 Å². The molecule has 0 saturated carbocycles. The first-order chi connectivity index (χ1) is 13.3. The van der Waals surface area contributed by atoms with E-state index in [1.165, 1.54) is 6.42 Å². The lowest BCUT2D eigenvalue weighted by Crippen LogP contribution is -2.39. The van der Waals surface area contributed by atoms with Crippen LogP contribution >= 0.6 is 0 Å². The molecule has 1 saturated heterocycles. The second-order valence-electron chi connectivity index (χ2n) is 7.27. The Morgan fingerprint density at radius 3 is 2.74 bits per heavy atom. The Balaban J connectivity index is 1.48. The molecular weight excluding hydrogens is 342 g/mol. The molecule has 2 N–H and O–H groups in total. The molecule has 0 atom stereocenters. The summed E-state index contributed by atoms with van der Waals surface area (Å²) in [4.78, 5) is 18.2. The van der Waals surface area contributed by atoms with Crippen molar-refractivity contribution in [2.75, 3.05) is 39.9 Å². The standard InChI is InChI=1S/C21H27N3O3/c1-22-7-4-15-5-8-24(9-6-15)21(25)18-14-23-13-17(18)16-2-3-19-20(12-16)27-11-10-26-19/h2-3,12-15,22-23H,4-11H2,1H3. The molecule has 2 aliphatic rings. The monoisotopic (exact) mass is 369 g/mol. The van der Waals surface area contributed by atoms with Gasteiger partial charge in [0.15, 0.2) is 11.5 Å². The van der Waals surface area contributed by atoms with Crippen LogP contribution in [0.1, 0.15) is 29.6 Å². The Kier molecular flexibility index (Phi) is 5.34. The summed E-state index contributed by atoms with van der Waals surface area (Å²) in [5.74, 6) is 2.32. The van der Waals surface area contributed by atoms with E-state index in [1.54, 1.807) is 0 Å². The van der Waals surface area contributed by atoms with Gasteiger partial charge in [0.05, 0.1) is 5.56 Å². The van der Waals surface area contributed by atoms with Gasteiger partial charge in [-0.1, -0.05) is 6.07 Å². The van der Waals surface area contributed by atoms with Crippen LogP contribution in [0.4, 0.5) is 0 Å². The number of benzene rings is 1. The van der Waals surface area contributed by atoms with E-state index in [2.05, 4.69) is 10.3 Å². The molecule has 2 aromatic rings. The zero-order valence-electron chi connectivity index (χ0n) is 15.8. The first-order valence-corrected chi connectivity index (χ1v) is 9.77. The maximum Gasteiger partial charge on any atom is 0.256 e. The second-order valence-corrected chi connectivity index (χ2v) is 7.27. The zero-order chi connectivity index (χ0) is 18.6. The maximum atomic E-state index is 13.1. The fraction of sp³-hybridized carbons (Fsp3) is 0.476. The smallest absolute Gasteiger partial charge is 0.256 e. The maximum absolute atomic E-state index is 13.1. The number of carbonyl (C=O) groups is 1. The van der Waals surface area contributed by atoms with Gasteiger partial charge >= 0.3 is 0 Å². The van der Waals surface area contributed by atoms with Crippen LogP contribution in [0.3, 0.4) is 0 Å².